The summed E-state index contributed by atoms with van der Waals surface area (Å²) in [5, 5.41) is 0. The van der Waals surface area contributed by atoms with Gasteiger partial charge in [-0.15, -0.1) is 0 Å². The van der Waals surface area contributed by atoms with Crippen LogP contribution in [0.4, 0.5) is 0 Å². The molecule has 2 saturated heterocycles. The first kappa shape index (κ1) is 47.5. The maximum Gasteiger partial charge on any atom is 0.361 e. The predicted molar refractivity (Wildman–Crippen MR) is 215 cm³/mol. The van der Waals surface area contributed by atoms with Gasteiger partial charge in [0.15, 0.2) is 13.1 Å². The molecule has 0 N–H and O–H groups in total. The molecule has 8 heteroatoms. The lowest BCUT2D eigenvalue weighted by molar-refractivity contribution is -0.920. The number of esters is 2. The number of unbranched alkanes of at least 4 members (excludes halogenated alkanes) is 4. The number of nitrogens with zero attached hydrogens (tertiary/aromatic N) is 2. The van der Waals surface area contributed by atoms with Gasteiger partial charge in [-0.05, 0) is 112 Å². The number of ether oxygens (including phenoxy) is 2. The van der Waals surface area contributed by atoms with Crippen molar-refractivity contribution < 1.29 is 52.8 Å². The Hall–Kier alpha value is -2.64. The Morgan fingerprint density at radius 3 is 1.24 bits per heavy atom. The maximum atomic E-state index is 12.7. The number of quaternary nitrogens is 2. The molecular weight excluding hydrogens is 715 g/mol. The normalized spacial score (nSPS) is 16.8. The van der Waals surface area contributed by atoms with Gasteiger partial charge >= 0.3 is 11.9 Å². The fourth-order valence-electron chi connectivity index (χ4n) is 8.01. The zero-order valence-electron chi connectivity index (χ0n) is 34.0. The fourth-order valence-corrected chi connectivity index (χ4v) is 8.01. The van der Waals surface area contributed by atoms with Gasteiger partial charge in [-0.1, -0.05) is 99.2 Å². The van der Waals surface area contributed by atoms with E-state index in [0.717, 1.165) is 99.6 Å². The number of carbonyl (C=O) groups is 2. The summed E-state index contributed by atoms with van der Waals surface area (Å²) in [7, 11) is 0. The molecule has 0 saturated carbocycles. The molecule has 4 rings (SSSR count). The summed E-state index contributed by atoms with van der Waals surface area (Å²) in [4.78, 5) is 25.4. The van der Waals surface area contributed by atoms with Crippen molar-refractivity contribution in [1.29, 1.82) is 0 Å². The number of piperidine rings is 2. The van der Waals surface area contributed by atoms with Gasteiger partial charge in [-0.2, -0.15) is 0 Å². The van der Waals surface area contributed by atoms with Crippen LogP contribution >= 0.6 is 0 Å². The van der Waals surface area contributed by atoms with E-state index >= 15 is 0 Å². The lowest BCUT2D eigenvalue weighted by Gasteiger charge is -2.40. The minimum Gasteiger partial charge on any atom is -1.00 e. The number of benzene rings is 2. The first-order valence-corrected chi connectivity index (χ1v) is 20.7. The molecule has 2 aromatic carbocycles. The molecule has 0 unspecified atom stereocenters. The second-order valence-corrected chi connectivity index (χ2v) is 16.1. The molecule has 0 aromatic heterocycles. The third-order valence-electron chi connectivity index (χ3n) is 11.3. The Morgan fingerprint density at radius 2 is 0.907 bits per heavy atom. The average Bonchev–Trinajstić information content (AvgIpc) is 3.15. The van der Waals surface area contributed by atoms with Crippen LogP contribution < -0.4 is 24.8 Å². The summed E-state index contributed by atoms with van der Waals surface area (Å²) < 4.78 is 12.9. The van der Waals surface area contributed by atoms with E-state index in [1.54, 1.807) is 0 Å². The molecule has 0 radical (unpaired) electrons. The minimum atomic E-state index is -0.0325. The third-order valence-corrected chi connectivity index (χ3v) is 11.3. The molecular formula is C46H70Cl2N2O4. The number of rotatable bonds is 21. The monoisotopic (exact) mass is 784 g/mol. The fraction of sp³-hybridized carbons (Fsp3) is 0.609. The first-order valence-electron chi connectivity index (χ1n) is 20.7. The van der Waals surface area contributed by atoms with Gasteiger partial charge in [0.2, 0.25) is 0 Å². The summed E-state index contributed by atoms with van der Waals surface area (Å²) >= 11 is 0. The summed E-state index contributed by atoms with van der Waals surface area (Å²) in [6.45, 7) is 17.0. The summed E-state index contributed by atoms with van der Waals surface area (Å²) in [5.41, 5.74) is 7.81. The molecule has 54 heavy (non-hydrogen) atoms. The molecule has 0 atom stereocenters. The number of hydrogen-bond donors (Lipinski definition) is 0. The average molecular weight is 786 g/mol. The number of hydrogen-bond acceptors (Lipinski definition) is 4. The molecule has 2 heterocycles. The van der Waals surface area contributed by atoms with Crippen LogP contribution in [0.25, 0.3) is 11.1 Å². The van der Waals surface area contributed by atoms with E-state index in [2.05, 4.69) is 88.4 Å². The van der Waals surface area contributed by atoms with Crippen molar-refractivity contribution in [3.05, 3.63) is 83.0 Å². The van der Waals surface area contributed by atoms with E-state index in [1.807, 2.05) is 0 Å². The highest BCUT2D eigenvalue weighted by Gasteiger charge is 2.33. The van der Waals surface area contributed by atoms with Crippen LogP contribution in [0.5, 0.6) is 0 Å². The van der Waals surface area contributed by atoms with E-state index in [9.17, 15) is 9.59 Å². The van der Waals surface area contributed by atoms with Crippen LogP contribution in [0.3, 0.4) is 0 Å². The van der Waals surface area contributed by atoms with Gasteiger partial charge in [0.1, 0.15) is 0 Å². The lowest BCUT2D eigenvalue weighted by Crippen LogP contribution is -3.00. The van der Waals surface area contributed by atoms with E-state index in [0.29, 0.717) is 26.3 Å². The van der Waals surface area contributed by atoms with Gasteiger partial charge < -0.3 is 43.3 Å². The largest absolute Gasteiger partial charge is 1.00 e. The van der Waals surface area contributed by atoms with Crippen molar-refractivity contribution in [2.75, 3.05) is 65.6 Å². The molecule has 2 fully saturated rings. The summed E-state index contributed by atoms with van der Waals surface area (Å²) in [6, 6.07) is 18.0. The van der Waals surface area contributed by atoms with Crippen LogP contribution in [0, 0.1) is 0 Å². The molecule has 0 amide bonds. The molecule has 302 valence electrons. The quantitative estimate of drug-likeness (QED) is 0.0838. The lowest BCUT2D eigenvalue weighted by atomic mass is 9.98. The second-order valence-electron chi connectivity index (χ2n) is 16.1. The summed E-state index contributed by atoms with van der Waals surface area (Å²) in [6.07, 6.45) is 20.3. The smallest absolute Gasteiger partial charge is 0.361 e. The van der Waals surface area contributed by atoms with Gasteiger partial charge in [-0.3, -0.25) is 0 Å². The van der Waals surface area contributed by atoms with E-state index in [4.69, 9.17) is 9.47 Å². The van der Waals surface area contributed by atoms with Crippen LogP contribution in [-0.4, -0.2) is 86.5 Å². The van der Waals surface area contributed by atoms with Gasteiger partial charge in [0.05, 0.1) is 52.5 Å². The van der Waals surface area contributed by atoms with Gasteiger partial charge in [0.25, 0.3) is 0 Å². The van der Waals surface area contributed by atoms with Crippen molar-refractivity contribution in [3.63, 3.8) is 0 Å². The summed E-state index contributed by atoms with van der Waals surface area (Å²) in [5.74, 6) is -0.0650. The van der Waals surface area contributed by atoms with Crippen molar-refractivity contribution in [2.45, 2.75) is 118 Å². The Labute approximate surface area is 340 Å². The molecule has 2 aliphatic heterocycles. The van der Waals surface area contributed by atoms with Crippen molar-refractivity contribution in [2.24, 2.45) is 0 Å². The highest BCUT2D eigenvalue weighted by Crippen LogP contribution is 2.25. The number of likely N-dealkylation sites (tertiary alicyclic amines) is 2. The molecule has 2 aromatic rings. The van der Waals surface area contributed by atoms with E-state index in [-0.39, 0.29) is 36.8 Å². The number of carbonyl (C=O) groups excluding carboxylic acids is 2. The SMILES string of the molecule is CCCCCOC(=O)C[N+]1(C/C=C(/C)Cc2ccc(-c3ccc(C/C(C)=C\C[N+]4(CC(=O)OCCCCC)CCCCC4)cc3)cc2)CCCCC1.[Cl-].[Cl-]. The van der Waals surface area contributed by atoms with Gasteiger partial charge in [0, 0.05) is 0 Å². The highest BCUT2D eigenvalue weighted by atomic mass is 35.5. The van der Waals surface area contributed by atoms with Crippen molar-refractivity contribution >= 4 is 11.9 Å². The second kappa shape index (κ2) is 25.5. The molecule has 6 nitrogen and oxygen atoms in total. The van der Waals surface area contributed by atoms with Crippen molar-refractivity contribution in [1.82, 2.24) is 0 Å². The predicted octanol–water partition coefficient (Wildman–Crippen LogP) is 3.81. The van der Waals surface area contributed by atoms with Crippen LogP contribution in [0.15, 0.2) is 71.8 Å². The zero-order chi connectivity index (χ0) is 37.1. The highest BCUT2D eigenvalue weighted by molar-refractivity contribution is 5.71. The minimum absolute atomic E-state index is 0. The maximum absolute atomic E-state index is 12.7. The number of allylic oxidation sites excluding steroid dienone is 2. The number of halogens is 2. The van der Waals surface area contributed by atoms with Crippen molar-refractivity contribution in [3.8, 4) is 11.1 Å². The molecule has 2 aliphatic rings. The third kappa shape index (κ3) is 16.6. The van der Waals surface area contributed by atoms with Crippen LogP contribution in [0.2, 0.25) is 0 Å². The first-order chi connectivity index (χ1) is 25.2. The Balaban J connectivity index is 0.00000504. The molecule has 0 spiro atoms. The molecule has 0 aliphatic carbocycles. The topological polar surface area (TPSA) is 52.6 Å². The Kier molecular flexibility index (Phi) is 22.4. The molecule has 0 bridgehead atoms. The van der Waals surface area contributed by atoms with E-state index in [1.165, 1.54) is 71.9 Å². The van der Waals surface area contributed by atoms with Crippen LogP contribution in [-0.2, 0) is 31.9 Å². The Morgan fingerprint density at radius 1 is 0.556 bits per heavy atom. The van der Waals surface area contributed by atoms with Crippen LogP contribution in [0.1, 0.15) is 116 Å². The standard InChI is InChI=1S/C46H70N2O4.2ClH/c1-5-7-15-33-51-45(49)37-47(27-11-9-12-28-47)31-25-39(3)35-41-17-21-43(22-18-41)44-23-19-42(20-24-44)36-40(4)26-32-48(29-13-10-14-30-48)38-46(50)52-34-16-8-6-2;;/h17-26H,5-16,27-38H2,1-4H3;2*1H/q+2;;/p-2/b39-25-,40-26-;;. The van der Waals surface area contributed by atoms with Gasteiger partial charge in [-0.25, -0.2) is 9.59 Å². The Bertz CT molecular complexity index is 1320. The zero-order valence-corrected chi connectivity index (χ0v) is 35.5. The van der Waals surface area contributed by atoms with E-state index < -0.39 is 0 Å².